The van der Waals surface area contributed by atoms with E-state index >= 15 is 0 Å². The van der Waals surface area contributed by atoms with Crippen LogP contribution in [0.5, 0.6) is 23.0 Å². The molecule has 2 aromatic rings. The molecule has 9 heteroatoms. The Morgan fingerprint density at radius 2 is 1.76 bits per heavy atom. The first-order valence-corrected chi connectivity index (χ1v) is 9.22. The van der Waals surface area contributed by atoms with Crippen LogP contribution in [0.15, 0.2) is 36.4 Å². The molecule has 1 N–H and O–H groups in total. The summed E-state index contributed by atoms with van der Waals surface area (Å²) in [5.41, 5.74) is 1.76. The molecule has 0 aromatic heterocycles. The Morgan fingerprint density at radius 3 is 2.41 bits per heavy atom. The van der Waals surface area contributed by atoms with Crippen LogP contribution in [0.25, 0.3) is 0 Å². The molecule has 2 aromatic carbocycles. The van der Waals surface area contributed by atoms with Crippen molar-refractivity contribution in [2.75, 3.05) is 40.1 Å². The maximum atomic E-state index is 12.5. The van der Waals surface area contributed by atoms with Gasteiger partial charge < -0.3 is 24.3 Å². The number of alkyl halides is 3. The Morgan fingerprint density at radius 1 is 1.03 bits per heavy atom. The molecule has 0 saturated carbocycles. The van der Waals surface area contributed by atoms with E-state index in [1.54, 1.807) is 19.2 Å². The number of nitrogens with zero attached hydrogens (tertiary/aromatic N) is 1. The van der Waals surface area contributed by atoms with Gasteiger partial charge in [0.2, 0.25) is 12.5 Å². The van der Waals surface area contributed by atoms with Crippen LogP contribution in [0.4, 0.5) is 13.2 Å². The van der Waals surface area contributed by atoms with Crippen LogP contribution >= 0.6 is 0 Å². The van der Waals surface area contributed by atoms with E-state index in [1.165, 1.54) is 12.1 Å². The van der Waals surface area contributed by atoms with Gasteiger partial charge in [0.25, 0.3) is 0 Å². The maximum absolute atomic E-state index is 12.5. The molecule has 4 rings (SSSR count). The fourth-order valence-corrected chi connectivity index (χ4v) is 3.71. The topological polar surface area (TPSA) is 52.2 Å². The van der Waals surface area contributed by atoms with E-state index < -0.39 is 6.36 Å². The van der Waals surface area contributed by atoms with E-state index in [9.17, 15) is 13.2 Å². The fourth-order valence-electron chi connectivity index (χ4n) is 3.71. The van der Waals surface area contributed by atoms with Gasteiger partial charge in [-0.3, -0.25) is 4.90 Å². The van der Waals surface area contributed by atoms with E-state index in [2.05, 4.69) is 15.0 Å². The first kappa shape index (κ1) is 19.7. The molecule has 1 fully saturated rings. The van der Waals surface area contributed by atoms with E-state index in [0.29, 0.717) is 17.2 Å². The number of ether oxygens (including phenoxy) is 4. The molecular weight excluding hydrogens is 389 g/mol. The molecule has 0 unspecified atom stereocenters. The smallest absolute Gasteiger partial charge is 0.493 e. The predicted molar refractivity (Wildman–Crippen MR) is 98.5 cm³/mol. The van der Waals surface area contributed by atoms with Gasteiger partial charge in [-0.2, -0.15) is 0 Å². The third-order valence-corrected chi connectivity index (χ3v) is 4.94. The average molecular weight is 410 g/mol. The third-order valence-electron chi connectivity index (χ3n) is 4.94. The zero-order chi connectivity index (χ0) is 20.4. The standard InChI is InChI=1S/C20H21F3N2O4/c1-26-16-10-14(11-17-19(16)28-12-27-17)18(25-8-6-24-7-9-25)13-2-4-15(5-3-13)29-20(21,22)23/h2-5,10-11,18,24H,6-9,12H2,1H3/t18-/m1/s1. The predicted octanol–water partition coefficient (Wildman–Crippen LogP) is 3.32. The highest BCUT2D eigenvalue weighted by molar-refractivity contribution is 5.56. The molecule has 2 aliphatic rings. The highest BCUT2D eigenvalue weighted by Gasteiger charge is 2.32. The number of piperazine rings is 1. The summed E-state index contributed by atoms with van der Waals surface area (Å²) in [6.45, 7) is 3.36. The summed E-state index contributed by atoms with van der Waals surface area (Å²) in [6, 6.07) is 9.60. The number of hydrogen-bond donors (Lipinski definition) is 1. The number of fused-ring (bicyclic) bond motifs is 1. The molecule has 2 heterocycles. The Kier molecular flexibility index (Phi) is 5.42. The van der Waals surface area contributed by atoms with Gasteiger partial charge in [0.1, 0.15) is 5.75 Å². The number of nitrogens with one attached hydrogen (secondary N) is 1. The van der Waals surface area contributed by atoms with Crippen molar-refractivity contribution in [3.8, 4) is 23.0 Å². The van der Waals surface area contributed by atoms with Gasteiger partial charge in [0.05, 0.1) is 13.2 Å². The molecule has 0 spiro atoms. The lowest BCUT2D eigenvalue weighted by atomic mass is 9.95. The summed E-state index contributed by atoms with van der Waals surface area (Å²) < 4.78 is 58.0. The van der Waals surface area contributed by atoms with E-state index in [-0.39, 0.29) is 18.6 Å². The van der Waals surface area contributed by atoms with Crippen molar-refractivity contribution in [1.29, 1.82) is 0 Å². The number of halogens is 3. The van der Waals surface area contributed by atoms with Crippen LogP contribution in [0.2, 0.25) is 0 Å². The molecule has 6 nitrogen and oxygen atoms in total. The summed E-state index contributed by atoms with van der Waals surface area (Å²) in [6.07, 6.45) is -4.72. The molecule has 0 bridgehead atoms. The summed E-state index contributed by atoms with van der Waals surface area (Å²) in [5, 5.41) is 3.32. The van der Waals surface area contributed by atoms with E-state index in [4.69, 9.17) is 14.2 Å². The Bertz CT molecular complexity index is 852. The summed E-state index contributed by atoms with van der Waals surface area (Å²) in [4.78, 5) is 2.27. The lowest BCUT2D eigenvalue weighted by Gasteiger charge is -2.35. The van der Waals surface area contributed by atoms with Crippen molar-refractivity contribution in [2.45, 2.75) is 12.4 Å². The number of benzene rings is 2. The maximum Gasteiger partial charge on any atom is 0.573 e. The quantitative estimate of drug-likeness (QED) is 0.816. The number of hydrogen-bond acceptors (Lipinski definition) is 6. The zero-order valence-corrected chi connectivity index (χ0v) is 15.8. The van der Waals surface area contributed by atoms with E-state index in [0.717, 1.165) is 37.3 Å². The Balaban J connectivity index is 1.71. The van der Waals surface area contributed by atoms with Gasteiger partial charge in [0.15, 0.2) is 11.5 Å². The van der Waals surface area contributed by atoms with Gasteiger partial charge in [0, 0.05) is 26.2 Å². The Hall–Kier alpha value is -2.65. The third kappa shape index (κ3) is 4.35. The molecule has 0 amide bonds. The van der Waals surface area contributed by atoms with Crippen molar-refractivity contribution in [3.05, 3.63) is 47.5 Å². The minimum absolute atomic E-state index is 0.122. The van der Waals surface area contributed by atoms with Crippen molar-refractivity contribution in [1.82, 2.24) is 10.2 Å². The SMILES string of the molecule is COc1cc([C@@H](c2ccc(OC(F)(F)F)cc2)N2CCNCC2)cc2c1OCO2. The second-order valence-electron chi connectivity index (χ2n) is 6.76. The van der Waals surface area contributed by atoms with Gasteiger partial charge in [-0.25, -0.2) is 0 Å². The first-order valence-electron chi connectivity index (χ1n) is 9.22. The Labute approximate surface area is 166 Å². The summed E-state index contributed by atoms with van der Waals surface area (Å²) in [5.74, 6) is 1.47. The second kappa shape index (κ2) is 8.00. The summed E-state index contributed by atoms with van der Waals surface area (Å²) >= 11 is 0. The fraction of sp³-hybridized carbons (Fsp3) is 0.400. The molecular formula is C20H21F3N2O4. The average Bonchev–Trinajstić information content (AvgIpc) is 3.17. The molecule has 2 aliphatic heterocycles. The van der Waals surface area contributed by atoms with Crippen LogP contribution in [0.1, 0.15) is 17.2 Å². The minimum atomic E-state index is -4.72. The highest BCUT2D eigenvalue weighted by Crippen LogP contribution is 2.45. The van der Waals surface area contributed by atoms with E-state index in [1.807, 2.05) is 12.1 Å². The van der Waals surface area contributed by atoms with Crippen LogP contribution in [0.3, 0.4) is 0 Å². The largest absolute Gasteiger partial charge is 0.573 e. The summed E-state index contributed by atoms with van der Waals surface area (Å²) in [7, 11) is 1.56. The number of rotatable bonds is 5. The molecule has 156 valence electrons. The zero-order valence-electron chi connectivity index (χ0n) is 15.8. The second-order valence-corrected chi connectivity index (χ2v) is 6.76. The van der Waals surface area contributed by atoms with Gasteiger partial charge in [-0.15, -0.1) is 13.2 Å². The van der Waals surface area contributed by atoms with Crippen molar-refractivity contribution < 1.29 is 32.1 Å². The normalized spacial score (nSPS) is 17.8. The van der Waals surface area contributed by atoms with Gasteiger partial charge in [-0.1, -0.05) is 12.1 Å². The first-order chi connectivity index (χ1) is 13.9. The van der Waals surface area contributed by atoms with Crippen molar-refractivity contribution in [2.24, 2.45) is 0 Å². The molecule has 0 aliphatic carbocycles. The van der Waals surface area contributed by atoms with Crippen LogP contribution in [-0.4, -0.2) is 51.3 Å². The molecule has 29 heavy (non-hydrogen) atoms. The molecule has 0 radical (unpaired) electrons. The minimum Gasteiger partial charge on any atom is -0.493 e. The molecule has 1 saturated heterocycles. The van der Waals surface area contributed by atoms with Crippen LogP contribution < -0.4 is 24.3 Å². The lowest BCUT2D eigenvalue weighted by Crippen LogP contribution is -2.45. The van der Waals surface area contributed by atoms with Crippen molar-refractivity contribution in [3.63, 3.8) is 0 Å². The van der Waals surface area contributed by atoms with Crippen LogP contribution in [0, 0.1) is 0 Å². The van der Waals surface area contributed by atoms with Crippen molar-refractivity contribution >= 4 is 0 Å². The molecule has 1 atom stereocenters. The van der Waals surface area contributed by atoms with Gasteiger partial charge in [-0.05, 0) is 35.4 Å². The monoisotopic (exact) mass is 410 g/mol. The lowest BCUT2D eigenvalue weighted by molar-refractivity contribution is -0.274. The van der Waals surface area contributed by atoms with Gasteiger partial charge >= 0.3 is 6.36 Å². The highest BCUT2D eigenvalue weighted by atomic mass is 19.4. The van der Waals surface area contributed by atoms with Crippen LogP contribution in [-0.2, 0) is 0 Å². The number of methoxy groups -OCH3 is 1.